The Bertz CT molecular complexity index is 369. The third kappa shape index (κ3) is 5.40. The van der Waals surface area contributed by atoms with Gasteiger partial charge in [0, 0.05) is 21.8 Å². The van der Waals surface area contributed by atoms with E-state index in [4.69, 9.17) is 23.2 Å². The van der Waals surface area contributed by atoms with Crippen LogP contribution in [-0.4, -0.2) is 17.5 Å². The van der Waals surface area contributed by atoms with E-state index >= 15 is 0 Å². The number of nitrogens with one attached hydrogen (secondary N) is 1. The van der Waals surface area contributed by atoms with E-state index in [0.717, 1.165) is 34.3 Å². The van der Waals surface area contributed by atoms with Gasteiger partial charge in [0.25, 0.3) is 0 Å². The van der Waals surface area contributed by atoms with E-state index in [1.54, 1.807) is 0 Å². The van der Waals surface area contributed by atoms with Crippen molar-refractivity contribution in [1.82, 2.24) is 5.32 Å². The maximum atomic E-state index is 6.28. The first kappa shape index (κ1) is 16.2. The number of rotatable bonds is 7. The zero-order valence-electron chi connectivity index (χ0n) is 11.2. The molecule has 0 radical (unpaired) electrons. The van der Waals surface area contributed by atoms with Crippen molar-refractivity contribution in [3.63, 3.8) is 0 Å². The van der Waals surface area contributed by atoms with Crippen molar-refractivity contribution >= 4 is 35.0 Å². The Morgan fingerprint density at radius 1 is 1.28 bits per heavy atom. The molecule has 1 atom stereocenters. The van der Waals surface area contributed by atoms with Gasteiger partial charge < -0.3 is 5.32 Å². The van der Waals surface area contributed by atoms with Crippen LogP contribution in [0.2, 0.25) is 10.0 Å². The molecule has 4 heteroatoms. The van der Waals surface area contributed by atoms with Crippen molar-refractivity contribution in [1.29, 1.82) is 0 Å². The van der Waals surface area contributed by atoms with Gasteiger partial charge in [0.05, 0.1) is 0 Å². The Labute approximate surface area is 125 Å². The van der Waals surface area contributed by atoms with Crippen LogP contribution in [0.5, 0.6) is 0 Å². The van der Waals surface area contributed by atoms with Gasteiger partial charge in [0.15, 0.2) is 0 Å². The van der Waals surface area contributed by atoms with Gasteiger partial charge in [0.1, 0.15) is 0 Å². The lowest BCUT2D eigenvalue weighted by atomic mass is 10.1. The van der Waals surface area contributed by atoms with E-state index in [1.165, 1.54) is 0 Å². The molecule has 1 aromatic rings. The number of benzene rings is 1. The quantitative estimate of drug-likeness (QED) is 0.745. The number of hydrogen-bond acceptors (Lipinski definition) is 2. The Kier molecular flexibility index (Phi) is 7.47. The van der Waals surface area contributed by atoms with Gasteiger partial charge in [-0.25, -0.2) is 0 Å². The maximum Gasteiger partial charge on any atom is 0.0455 e. The first-order chi connectivity index (χ1) is 8.54. The molecule has 0 aliphatic rings. The third-order valence-corrected chi connectivity index (χ3v) is 4.34. The summed E-state index contributed by atoms with van der Waals surface area (Å²) in [5, 5.41) is 5.70. The van der Waals surface area contributed by atoms with Gasteiger partial charge in [-0.3, -0.25) is 0 Å². The van der Waals surface area contributed by atoms with Gasteiger partial charge in [-0.05, 0) is 42.0 Å². The minimum Gasteiger partial charge on any atom is -0.309 e. The van der Waals surface area contributed by atoms with Crippen LogP contribution in [0.15, 0.2) is 18.2 Å². The smallest absolute Gasteiger partial charge is 0.0455 e. The van der Waals surface area contributed by atoms with E-state index in [2.05, 4.69) is 26.1 Å². The molecule has 1 unspecified atom stereocenters. The molecular weight excluding hydrogens is 285 g/mol. The van der Waals surface area contributed by atoms with Crippen molar-refractivity contribution in [2.45, 2.75) is 38.5 Å². The standard InChI is InChI=1S/C14H21Cl2NS/c1-4-7-17-14(9-18-10(2)3)12-8-11(15)5-6-13(12)16/h5-6,8,10,14,17H,4,7,9H2,1-3H3. The lowest BCUT2D eigenvalue weighted by Gasteiger charge is -2.21. The molecule has 18 heavy (non-hydrogen) atoms. The lowest BCUT2D eigenvalue weighted by molar-refractivity contribution is 0.577. The molecular formula is C14H21Cl2NS. The lowest BCUT2D eigenvalue weighted by Crippen LogP contribution is -2.25. The molecule has 1 aromatic carbocycles. The summed E-state index contributed by atoms with van der Waals surface area (Å²) in [6.45, 7) is 7.58. The maximum absolute atomic E-state index is 6.28. The predicted molar refractivity (Wildman–Crippen MR) is 85.1 cm³/mol. The Morgan fingerprint density at radius 2 is 2.00 bits per heavy atom. The van der Waals surface area contributed by atoms with Crippen molar-refractivity contribution in [3.8, 4) is 0 Å². The highest BCUT2D eigenvalue weighted by Gasteiger charge is 2.15. The van der Waals surface area contributed by atoms with E-state index in [9.17, 15) is 0 Å². The fraction of sp³-hybridized carbons (Fsp3) is 0.571. The van der Waals surface area contributed by atoms with Crippen LogP contribution in [0.1, 0.15) is 38.8 Å². The minimum absolute atomic E-state index is 0.267. The zero-order valence-corrected chi connectivity index (χ0v) is 13.5. The highest BCUT2D eigenvalue weighted by atomic mass is 35.5. The largest absolute Gasteiger partial charge is 0.309 e. The average Bonchev–Trinajstić information content (AvgIpc) is 2.32. The Morgan fingerprint density at radius 3 is 2.61 bits per heavy atom. The van der Waals surface area contributed by atoms with E-state index in [1.807, 2.05) is 30.0 Å². The molecule has 0 fully saturated rings. The molecule has 0 aliphatic heterocycles. The number of hydrogen-bond donors (Lipinski definition) is 1. The van der Waals surface area contributed by atoms with Gasteiger partial charge in [-0.15, -0.1) is 0 Å². The first-order valence-electron chi connectivity index (χ1n) is 6.34. The molecule has 0 bridgehead atoms. The minimum atomic E-state index is 0.267. The summed E-state index contributed by atoms with van der Waals surface area (Å²) < 4.78 is 0. The molecule has 0 spiro atoms. The molecule has 1 nitrogen and oxygen atoms in total. The molecule has 0 saturated carbocycles. The van der Waals surface area contributed by atoms with Gasteiger partial charge >= 0.3 is 0 Å². The molecule has 0 heterocycles. The molecule has 0 aliphatic carbocycles. The van der Waals surface area contributed by atoms with Crippen LogP contribution in [0.4, 0.5) is 0 Å². The first-order valence-corrected chi connectivity index (χ1v) is 8.15. The van der Waals surface area contributed by atoms with Crippen LogP contribution in [0.25, 0.3) is 0 Å². The average molecular weight is 306 g/mol. The molecule has 1 rings (SSSR count). The normalized spacial score (nSPS) is 13.0. The van der Waals surface area contributed by atoms with Gasteiger partial charge in [-0.1, -0.05) is 44.0 Å². The van der Waals surface area contributed by atoms with Crippen LogP contribution in [0.3, 0.4) is 0 Å². The second-order valence-corrected chi connectivity index (χ2v) is 7.01. The summed E-state index contributed by atoms with van der Waals surface area (Å²) in [4.78, 5) is 0. The molecule has 102 valence electrons. The summed E-state index contributed by atoms with van der Waals surface area (Å²) >= 11 is 14.3. The summed E-state index contributed by atoms with van der Waals surface area (Å²) in [7, 11) is 0. The second kappa shape index (κ2) is 8.31. The van der Waals surface area contributed by atoms with Gasteiger partial charge in [-0.2, -0.15) is 11.8 Å². The SMILES string of the molecule is CCCNC(CSC(C)C)c1cc(Cl)ccc1Cl. The van der Waals surface area contributed by atoms with Crippen LogP contribution < -0.4 is 5.32 Å². The van der Waals surface area contributed by atoms with Crippen molar-refractivity contribution in [2.75, 3.05) is 12.3 Å². The molecule has 0 aromatic heterocycles. The van der Waals surface area contributed by atoms with Crippen molar-refractivity contribution in [3.05, 3.63) is 33.8 Å². The highest BCUT2D eigenvalue weighted by molar-refractivity contribution is 7.99. The Hall–Kier alpha value is 0.110. The summed E-state index contributed by atoms with van der Waals surface area (Å²) in [6, 6.07) is 5.95. The van der Waals surface area contributed by atoms with Crippen molar-refractivity contribution < 1.29 is 0 Å². The van der Waals surface area contributed by atoms with Crippen LogP contribution >= 0.6 is 35.0 Å². The zero-order chi connectivity index (χ0) is 13.5. The van der Waals surface area contributed by atoms with Crippen LogP contribution in [-0.2, 0) is 0 Å². The van der Waals surface area contributed by atoms with Crippen molar-refractivity contribution in [2.24, 2.45) is 0 Å². The van der Waals surface area contributed by atoms with E-state index in [-0.39, 0.29) is 6.04 Å². The van der Waals surface area contributed by atoms with Gasteiger partial charge in [0.2, 0.25) is 0 Å². The number of halogens is 2. The summed E-state index contributed by atoms with van der Waals surface area (Å²) in [5.74, 6) is 1.01. The summed E-state index contributed by atoms with van der Waals surface area (Å²) in [6.07, 6.45) is 1.11. The third-order valence-electron chi connectivity index (χ3n) is 2.57. The molecule has 1 N–H and O–H groups in total. The highest BCUT2D eigenvalue weighted by Crippen LogP contribution is 2.29. The predicted octanol–water partition coefficient (Wildman–Crippen LogP) is 5.18. The second-order valence-electron chi connectivity index (χ2n) is 4.55. The fourth-order valence-electron chi connectivity index (χ4n) is 1.65. The molecule has 0 amide bonds. The fourth-order valence-corrected chi connectivity index (χ4v) is 2.95. The monoisotopic (exact) mass is 305 g/mol. The van der Waals surface area contributed by atoms with Crippen LogP contribution in [0, 0.1) is 0 Å². The number of thioether (sulfide) groups is 1. The van der Waals surface area contributed by atoms with E-state index < -0.39 is 0 Å². The van der Waals surface area contributed by atoms with E-state index in [0.29, 0.717) is 5.25 Å². The summed E-state index contributed by atoms with van der Waals surface area (Å²) in [5.41, 5.74) is 1.10. The topological polar surface area (TPSA) is 12.0 Å². The Balaban J connectivity index is 2.82. The molecule has 0 saturated heterocycles.